The third-order valence-corrected chi connectivity index (χ3v) is 5.86. The summed E-state index contributed by atoms with van der Waals surface area (Å²) in [6, 6.07) is 18.7. The molecule has 1 aliphatic heterocycles. The molecule has 0 aromatic heterocycles. The summed E-state index contributed by atoms with van der Waals surface area (Å²) in [5.41, 5.74) is 6.85. The molecule has 9 heteroatoms. The number of anilines is 2. The molecule has 176 valence electrons. The maximum Gasteiger partial charge on any atom is 0.243 e. The fourth-order valence-corrected chi connectivity index (χ4v) is 3.93. The number of carbonyl (C=O) groups is 2. The molecule has 4 rings (SSSR count). The molecule has 1 fully saturated rings. The Balaban J connectivity index is 1.44. The van der Waals surface area contributed by atoms with Crippen molar-refractivity contribution >= 4 is 34.8 Å². The van der Waals surface area contributed by atoms with Crippen LogP contribution in [0.15, 0.2) is 66.7 Å². The molecular formula is C25H23ClFN3O4. The number of carbonyl (C=O) groups excluding carboxylic acids is 2. The summed E-state index contributed by atoms with van der Waals surface area (Å²) in [6.07, 6.45) is 0.107. The van der Waals surface area contributed by atoms with Crippen LogP contribution < -0.4 is 25.2 Å². The smallest absolute Gasteiger partial charge is 0.243 e. The van der Waals surface area contributed by atoms with Gasteiger partial charge in [0, 0.05) is 24.2 Å². The van der Waals surface area contributed by atoms with Crippen molar-refractivity contribution in [3.05, 3.63) is 83.1 Å². The van der Waals surface area contributed by atoms with Crippen molar-refractivity contribution in [1.29, 1.82) is 0 Å². The van der Waals surface area contributed by atoms with Crippen molar-refractivity contribution in [3.63, 3.8) is 0 Å². The lowest BCUT2D eigenvalue weighted by Crippen LogP contribution is -2.36. The Hall–Kier alpha value is -3.78. The van der Waals surface area contributed by atoms with Gasteiger partial charge in [0.1, 0.15) is 12.4 Å². The van der Waals surface area contributed by atoms with Gasteiger partial charge in [-0.2, -0.15) is 0 Å². The van der Waals surface area contributed by atoms with Gasteiger partial charge < -0.3 is 14.4 Å². The molecule has 2 N–H and O–H groups in total. The first-order chi connectivity index (χ1) is 16.5. The number of ether oxygens (including phenoxy) is 2. The number of amides is 2. The van der Waals surface area contributed by atoms with Crippen molar-refractivity contribution in [2.24, 2.45) is 5.92 Å². The van der Waals surface area contributed by atoms with Crippen LogP contribution in [0.3, 0.4) is 0 Å². The van der Waals surface area contributed by atoms with Crippen molar-refractivity contribution in [2.45, 2.75) is 13.0 Å². The molecule has 0 aliphatic carbocycles. The summed E-state index contributed by atoms with van der Waals surface area (Å²) < 4.78 is 25.3. The molecule has 0 saturated carbocycles. The van der Waals surface area contributed by atoms with Crippen LogP contribution in [0.5, 0.6) is 11.5 Å². The van der Waals surface area contributed by atoms with Gasteiger partial charge >= 0.3 is 0 Å². The molecule has 3 aromatic carbocycles. The summed E-state index contributed by atoms with van der Waals surface area (Å²) in [4.78, 5) is 26.8. The molecule has 34 heavy (non-hydrogen) atoms. The van der Waals surface area contributed by atoms with E-state index in [-0.39, 0.29) is 47.7 Å². The number of hydrogen-bond acceptors (Lipinski definition) is 5. The number of hydrogen-bond donors (Lipinski definition) is 2. The lowest BCUT2D eigenvalue weighted by Gasteiger charge is -2.19. The minimum absolute atomic E-state index is 0.107. The Kier molecular flexibility index (Phi) is 7.18. The number of rotatable bonds is 8. The second-order valence-electron chi connectivity index (χ2n) is 7.68. The van der Waals surface area contributed by atoms with Gasteiger partial charge in [-0.25, -0.2) is 4.39 Å². The Bertz CT molecular complexity index is 1170. The van der Waals surface area contributed by atoms with E-state index in [9.17, 15) is 14.0 Å². The highest BCUT2D eigenvalue weighted by Gasteiger charge is 2.35. The van der Waals surface area contributed by atoms with E-state index in [1.807, 2.05) is 30.3 Å². The first-order valence-corrected chi connectivity index (χ1v) is 11.0. The van der Waals surface area contributed by atoms with E-state index in [1.54, 1.807) is 29.2 Å². The van der Waals surface area contributed by atoms with E-state index < -0.39 is 11.7 Å². The van der Waals surface area contributed by atoms with Crippen LogP contribution in [0.4, 0.5) is 15.8 Å². The number of methoxy groups -OCH3 is 1. The van der Waals surface area contributed by atoms with Crippen LogP contribution in [0, 0.1) is 11.7 Å². The average Bonchev–Trinajstić information content (AvgIpc) is 3.24. The molecule has 1 heterocycles. The number of hydrazine groups is 1. The lowest BCUT2D eigenvalue weighted by atomic mass is 10.1. The molecule has 0 radical (unpaired) electrons. The molecule has 3 aromatic rings. The predicted octanol–water partition coefficient (Wildman–Crippen LogP) is 4.56. The van der Waals surface area contributed by atoms with Crippen molar-refractivity contribution < 1.29 is 23.5 Å². The lowest BCUT2D eigenvalue weighted by molar-refractivity contribution is -0.125. The normalized spacial score (nSPS) is 15.2. The molecule has 0 spiro atoms. The fourth-order valence-electron chi connectivity index (χ4n) is 3.71. The van der Waals surface area contributed by atoms with Crippen LogP contribution in [0.2, 0.25) is 5.02 Å². The van der Waals surface area contributed by atoms with Gasteiger partial charge in [-0.05, 0) is 36.4 Å². The first-order valence-electron chi connectivity index (χ1n) is 10.6. The van der Waals surface area contributed by atoms with Crippen molar-refractivity contribution in [2.75, 3.05) is 24.0 Å². The quantitative estimate of drug-likeness (QED) is 0.459. The Morgan fingerprint density at radius 1 is 1.12 bits per heavy atom. The van der Waals surface area contributed by atoms with E-state index >= 15 is 0 Å². The topological polar surface area (TPSA) is 79.9 Å². The fraction of sp³-hybridized carbons (Fsp3) is 0.200. The Morgan fingerprint density at radius 3 is 2.62 bits per heavy atom. The zero-order valence-electron chi connectivity index (χ0n) is 18.4. The van der Waals surface area contributed by atoms with E-state index in [0.29, 0.717) is 11.4 Å². The Labute approximate surface area is 201 Å². The van der Waals surface area contributed by atoms with Crippen LogP contribution >= 0.6 is 11.6 Å². The molecule has 1 saturated heterocycles. The minimum atomic E-state index is -0.521. The van der Waals surface area contributed by atoms with E-state index in [2.05, 4.69) is 10.9 Å². The van der Waals surface area contributed by atoms with Gasteiger partial charge in [-0.3, -0.25) is 20.4 Å². The zero-order chi connectivity index (χ0) is 24.1. The second kappa shape index (κ2) is 10.4. The highest BCUT2D eigenvalue weighted by Crippen LogP contribution is 2.36. The Morgan fingerprint density at radius 2 is 1.88 bits per heavy atom. The number of benzene rings is 3. The summed E-state index contributed by atoms with van der Waals surface area (Å²) >= 11 is 6.10. The monoisotopic (exact) mass is 483 g/mol. The molecule has 0 unspecified atom stereocenters. The average molecular weight is 484 g/mol. The van der Waals surface area contributed by atoms with Crippen LogP contribution in [-0.4, -0.2) is 25.5 Å². The number of para-hydroxylation sites is 2. The molecule has 1 atom stereocenters. The van der Waals surface area contributed by atoms with Crippen LogP contribution in [0.25, 0.3) is 0 Å². The molecule has 1 aliphatic rings. The standard InChI is InChI=1S/C25H23ClFN3O4/c1-33-22-12-6-11-21(24(22)34-15-18-19(26)9-5-10-20(18)27)28-29-25(32)16-13-23(31)30(14-16)17-7-3-2-4-8-17/h2-12,16,28H,13-15H2,1H3,(H,29,32)/t16-/m0/s1. The summed E-state index contributed by atoms with van der Waals surface area (Å²) in [7, 11) is 1.48. The van der Waals surface area contributed by atoms with Gasteiger partial charge in [-0.1, -0.05) is 41.9 Å². The van der Waals surface area contributed by atoms with E-state index in [4.69, 9.17) is 21.1 Å². The largest absolute Gasteiger partial charge is 0.493 e. The molecule has 2 amide bonds. The maximum atomic E-state index is 14.1. The SMILES string of the molecule is COc1cccc(NNC(=O)[C@H]2CC(=O)N(c3ccccc3)C2)c1OCc1c(F)cccc1Cl. The van der Waals surface area contributed by atoms with E-state index in [1.165, 1.54) is 19.2 Å². The third kappa shape index (κ3) is 5.07. The summed E-state index contributed by atoms with van der Waals surface area (Å²) in [5.74, 6) is -0.793. The van der Waals surface area contributed by atoms with Gasteiger partial charge in [0.2, 0.25) is 11.8 Å². The third-order valence-electron chi connectivity index (χ3n) is 5.51. The zero-order valence-corrected chi connectivity index (χ0v) is 19.1. The number of nitrogens with zero attached hydrogens (tertiary/aromatic N) is 1. The minimum Gasteiger partial charge on any atom is -0.493 e. The van der Waals surface area contributed by atoms with Crippen molar-refractivity contribution in [3.8, 4) is 11.5 Å². The summed E-state index contributed by atoms with van der Waals surface area (Å²) in [5, 5.41) is 0.242. The van der Waals surface area contributed by atoms with Gasteiger partial charge in [0.05, 0.1) is 23.7 Å². The van der Waals surface area contributed by atoms with Crippen LogP contribution in [0.1, 0.15) is 12.0 Å². The van der Waals surface area contributed by atoms with E-state index in [0.717, 1.165) is 5.69 Å². The van der Waals surface area contributed by atoms with Gasteiger partial charge in [0.15, 0.2) is 11.5 Å². The summed E-state index contributed by atoms with van der Waals surface area (Å²) in [6.45, 7) is 0.140. The highest BCUT2D eigenvalue weighted by atomic mass is 35.5. The highest BCUT2D eigenvalue weighted by molar-refractivity contribution is 6.31. The first kappa shape index (κ1) is 23.4. The van der Waals surface area contributed by atoms with Crippen LogP contribution in [-0.2, 0) is 16.2 Å². The van der Waals surface area contributed by atoms with Gasteiger partial charge in [0.25, 0.3) is 0 Å². The molecular weight excluding hydrogens is 461 g/mol. The number of nitrogens with one attached hydrogen (secondary N) is 2. The number of halogens is 2. The predicted molar refractivity (Wildman–Crippen MR) is 127 cm³/mol. The molecule has 7 nitrogen and oxygen atoms in total. The molecule has 0 bridgehead atoms. The van der Waals surface area contributed by atoms with Crippen molar-refractivity contribution in [1.82, 2.24) is 5.43 Å². The maximum absolute atomic E-state index is 14.1. The van der Waals surface area contributed by atoms with Gasteiger partial charge in [-0.15, -0.1) is 0 Å². The second-order valence-corrected chi connectivity index (χ2v) is 8.09.